The predicted octanol–water partition coefficient (Wildman–Crippen LogP) is 6.03. The Labute approximate surface area is 244 Å². The summed E-state index contributed by atoms with van der Waals surface area (Å²) in [4.78, 5) is 28.2. The number of rotatable bonds is 11. The van der Waals surface area contributed by atoms with Crippen LogP contribution in [0.4, 0.5) is 5.69 Å². The molecule has 0 bridgehead atoms. The summed E-state index contributed by atoms with van der Waals surface area (Å²) in [5.41, 5.74) is 0.840. The number of benzene rings is 3. The number of amides is 2. The number of hydrogen-bond acceptors (Lipinski definition) is 4. The second-order valence-electron chi connectivity index (χ2n) is 9.39. The molecule has 7 nitrogen and oxygen atoms in total. The number of sulfonamides is 1. The molecule has 0 aliphatic rings. The van der Waals surface area contributed by atoms with Gasteiger partial charge in [-0.05, 0) is 60.9 Å². The number of carbonyl (C=O) groups is 2. The Hall–Kier alpha value is -2.78. The van der Waals surface area contributed by atoms with Gasteiger partial charge >= 0.3 is 0 Å². The SMILES string of the molecule is CC(C)CNC(=O)[C@H](C)N(Cc1ccc(Cl)c(Cl)c1)C(=O)CN(c1cccc(Cl)c1)S(=O)(=O)c1ccccc1. The van der Waals surface area contributed by atoms with Crippen LogP contribution in [0, 0.1) is 5.92 Å². The smallest absolute Gasteiger partial charge is 0.264 e. The third kappa shape index (κ3) is 8.11. The van der Waals surface area contributed by atoms with Crippen LogP contribution in [0.3, 0.4) is 0 Å². The lowest BCUT2D eigenvalue weighted by Crippen LogP contribution is -2.51. The number of nitrogens with zero attached hydrogens (tertiary/aromatic N) is 2. The molecule has 3 rings (SSSR count). The molecule has 0 aliphatic heterocycles. The number of anilines is 1. The van der Waals surface area contributed by atoms with Gasteiger partial charge in [-0.1, -0.05) is 79.0 Å². The minimum absolute atomic E-state index is 0.000752. The Kier molecular flexibility index (Phi) is 10.7. The van der Waals surface area contributed by atoms with Crippen LogP contribution >= 0.6 is 34.8 Å². The first-order valence-electron chi connectivity index (χ1n) is 12.2. The van der Waals surface area contributed by atoms with Crippen LogP contribution in [0.25, 0.3) is 0 Å². The van der Waals surface area contributed by atoms with Gasteiger partial charge in [-0.2, -0.15) is 0 Å². The van der Waals surface area contributed by atoms with Crippen molar-refractivity contribution < 1.29 is 18.0 Å². The Balaban J connectivity index is 2.01. The molecular weight excluding hydrogens is 581 g/mol. The lowest BCUT2D eigenvalue weighted by molar-refractivity contribution is -0.139. The van der Waals surface area contributed by atoms with Crippen molar-refractivity contribution >= 4 is 62.3 Å². The molecule has 39 heavy (non-hydrogen) atoms. The Morgan fingerprint density at radius 3 is 2.18 bits per heavy atom. The van der Waals surface area contributed by atoms with Gasteiger partial charge in [0.25, 0.3) is 10.0 Å². The van der Waals surface area contributed by atoms with Gasteiger partial charge in [-0.15, -0.1) is 0 Å². The second-order valence-corrected chi connectivity index (χ2v) is 12.5. The van der Waals surface area contributed by atoms with E-state index in [1.54, 1.807) is 61.5 Å². The quantitative estimate of drug-likeness (QED) is 0.287. The van der Waals surface area contributed by atoms with Crippen LogP contribution < -0.4 is 9.62 Å². The molecule has 0 saturated heterocycles. The molecule has 11 heteroatoms. The minimum atomic E-state index is -4.16. The van der Waals surface area contributed by atoms with Crippen LogP contribution in [0.5, 0.6) is 0 Å². The Morgan fingerprint density at radius 1 is 0.872 bits per heavy atom. The predicted molar refractivity (Wildman–Crippen MR) is 157 cm³/mol. The zero-order valence-corrected chi connectivity index (χ0v) is 24.9. The summed E-state index contributed by atoms with van der Waals surface area (Å²) in [6.45, 7) is 5.37. The molecular formula is C28H30Cl3N3O4S. The van der Waals surface area contributed by atoms with E-state index < -0.39 is 28.5 Å². The van der Waals surface area contributed by atoms with E-state index >= 15 is 0 Å². The molecule has 3 aromatic rings. The molecule has 208 valence electrons. The normalized spacial score (nSPS) is 12.2. The first kappa shape index (κ1) is 30.8. The largest absolute Gasteiger partial charge is 0.354 e. The van der Waals surface area contributed by atoms with Crippen molar-refractivity contribution in [3.8, 4) is 0 Å². The highest BCUT2D eigenvalue weighted by Crippen LogP contribution is 2.27. The maximum absolute atomic E-state index is 13.9. The van der Waals surface area contributed by atoms with Crippen LogP contribution in [-0.2, 0) is 26.2 Å². The van der Waals surface area contributed by atoms with Gasteiger partial charge in [-0.25, -0.2) is 8.42 Å². The van der Waals surface area contributed by atoms with Crippen molar-refractivity contribution in [2.24, 2.45) is 5.92 Å². The van der Waals surface area contributed by atoms with Gasteiger partial charge in [0.15, 0.2) is 0 Å². The summed E-state index contributed by atoms with van der Waals surface area (Å²) in [5, 5.41) is 3.80. The van der Waals surface area contributed by atoms with Crippen molar-refractivity contribution in [3.05, 3.63) is 93.4 Å². The average Bonchev–Trinajstić information content (AvgIpc) is 2.90. The van der Waals surface area contributed by atoms with Crippen molar-refractivity contribution in [1.29, 1.82) is 0 Å². The molecule has 1 atom stereocenters. The van der Waals surface area contributed by atoms with Gasteiger partial charge in [0, 0.05) is 18.1 Å². The van der Waals surface area contributed by atoms with Crippen LogP contribution in [-0.4, -0.2) is 44.3 Å². The highest BCUT2D eigenvalue weighted by atomic mass is 35.5. The van der Waals surface area contributed by atoms with E-state index in [9.17, 15) is 18.0 Å². The van der Waals surface area contributed by atoms with E-state index in [0.717, 1.165) is 4.31 Å². The molecule has 0 spiro atoms. The van der Waals surface area contributed by atoms with Crippen molar-refractivity contribution in [1.82, 2.24) is 10.2 Å². The van der Waals surface area contributed by atoms with Crippen LogP contribution in [0.1, 0.15) is 26.3 Å². The second kappa shape index (κ2) is 13.5. The van der Waals surface area contributed by atoms with Crippen molar-refractivity contribution in [3.63, 3.8) is 0 Å². The first-order valence-corrected chi connectivity index (χ1v) is 14.8. The number of halogens is 3. The molecule has 0 saturated carbocycles. The van der Waals surface area contributed by atoms with Crippen LogP contribution in [0.2, 0.25) is 15.1 Å². The Morgan fingerprint density at radius 2 is 1.56 bits per heavy atom. The summed E-state index contributed by atoms with van der Waals surface area (Å²) in [6, 6.07) is 18.0. The first-order chi connectivity index (χ1) is 18.4. The fourth-order valence-corrected chi connectivity index (χ4v) is 5.68. The molecule has 1 N–H and O–H groups in total. The van der Waals surface area contributed by atoms with Crippen LogP contribution in [0.15, 0.2) is 77.7 Å². The van der Waals surface area contributed by atoms with Gasteiger partial charge < -0.3 is 10.2 Å². The lowest BCUT2D eigenvalue weighted by Gasteiger charge is -2.32. The van der Waals surface area contributed by atoms with Gasteiger partial charge in [0.1, 0.15) is 12.6 Å². The number of nitrogens with one attached hydrogen (secondary N) is 1. The maximum Gasteiger partial charge on any atom is 0.264 e. The minimum Gasteiger partial charge on any atom is -0.354 e. The van der Waals surface area contributed by atoms with Gasteiger partial charge in [-0.3, -0.25) is 13.9 Å². The summed E-state index contributed by atoms with van der Waals surface area (Å²) < 4.78 is 28.4. The van der Waals surface area contributed by atoms with E-state index in [-0.39, 0.29) is 29.0 Å². The third-order valence-corrected chi connectivity index (χ3v) is 8.66. The fourth-order valence-electron chi connectivity index (χ4n) is 3.75. The van der Waals surface area contributed by atoms with E-state index in [2.05, 4.69) is 5.32 Å². The molecule has 0 aliphatic carbocycles. The summed E-state index contributed by atoms with van der Waals surface area (Å²) in [7, 11) is -4.16. The zero-order valence-electron chi connectivity index (χ0n) is 21.8. The molecule has 0 heterocycles. The molecule has 2 amide bonds. The van der Waals surface area contributed by atoms with Crippen molar-refractivity contribution in [2.45, 2.75) is 38.3 Å². The summed E-state index contributed by atoms with van der Waals surface area (Å²) >= 11 is 18.4. The van der Waals surface area contributed by atoms with Gasteiger partial charge in [0.05, 0.1) is 20.6 Å². The molecule has 3 aromatic carbocycles. The molecule has 0 unspecified atom stereocenters. The number of carbonyl (C=O) groups excluding carboxylic acids is 2. The fraction of sp³-hybridized carbons (Fsp3) is 0.286. The molecule has 0 fully saturated rings. The van der Waals surface area contributed by atoms with E-state index in [1.165, 1.54) is 23.1 Å². The summed E-state index contributed by atoms with van der Waals surface area (Å²) in [6.07, 6.45) is 0. The van der Waals surface area contributed by atoms with Crippen molar-refractivity contribution in [2.75, 3.05) is 17.4 Å². The maximum atomic E-state index is 13.9. The number of hydrogen-bond donors (Lipinski definition) is 1. The topological polar surface area (TPSA) is 86.8 Å². The van der Waals surface area contributed by atoms with E-state index in [0.29, 0.717) is 27.2 Å². The average molecular weight is 611 g/mol. The molecule has 0 radical (unpaired) electrons. The highest BCUT2D eigenvalue weighted by Gasteiger charge is 2.32. The standard InChI is InChI=1S/C28H30Cl3N3O4S/c1-19(2)16-32-28(36)20(3)33(17-21-12-13-25(30)26(31)14-21)27(35)18-34(23-9-7-8-22(29)15-23)39(37,38)24-10-5-4-6-11-24/h4-15,19-20H,16-18H2,1-3H3,(H,32,36)/t20-/m0/s1. The van der Waals surface area contributed by atoms with Gasteiger partial charge in [0.2, 0.25) is 11.8 Å². The zero-order chi connectivity index (χ0) is 28.7. The lowest BCUT2D eigenvalue weighted by atomic mass is 10.1. The van der Waals surface area contributed by atoms with E-state index in [1.807, 2.05) is 13.8 Å². The molecule has 0 aromatic heterocycles. The third-order valence-electron chi connectivity index (χ3n) is 5.90. The monoisotopic (exact) mass is 609 g/mol. The Bertz CT molecular complexity index is 1420. The summed E-state index contributed by atoms with van der Waals surface area (Å²) in [5.74, 6) is -0.750. The highest BCUT2D eigenvalue weighted by molar-refractivity contribution is 7.92. The van der Waals surface area contributed by atoms with E-state index in [4.69, 9.17) is 34.8 Å².